The van der Waals surface area contributed by atoms with E-state index in [9.17, 15) is 9.18 Å². The summed E-state index contributed by atoms with van der Waals surface area (Å²) in [4.78, 5) is 16.4. The molecule has 1 unspecified atom stereocenters. The second-order valence-electron chi connectivity index (χ2n) is 5.72. The van der Waals surface area contributed by atoms with Gasteiger partial charge in [-0.05, 0) is 36.2 Å². The number of urea groups is 1. The molecule has 24 heavy (non-hydrogen) atoms. The average molecular weight is 326 g/mol. The van der Waals surface area contributed by atoms with Gasteiger partial charge < -0.3 is 10.6 Å². The van der Waals surface area contributed by atoms with E-state index in [4.69, 9.17) is 5.26 Å². The number of carbonyl (C=O) groups excluding carboxylic acids is 1. The lowest BCUT2D eigenvalue weighted by molar-refractivity contribution is 0.232. The van der Waals surface area contributed by atoms with E-state index in [1.54, 1.807) is 6.20 Å². The van der Waals surface area contributed by atoms with Crippen molar-refractivity contribution in [3.05, 3.63) is 65.2 Å². The summed E-state index contributed by atoms with van der Waals surface area (Å²) in [6.07, 6.45) is 1.67. The lowest BCUT2D eigenvalue weighted by Gasteiger charge is -2.22. The van der Waals surface area contributed by atoms with Crippen LogP contribution in [-0.4, -0.2) is 11.0 Å². The standard InChI is InChI=1S/C18H19FN4O/c1-12(2)17(16-5-3-4-8-21-16)23-18(24)22-11-14-9-13(10-20)6-7-15(14)19/h3-9,12,17H,11H2,1-2H3,(H2,22,23,24). The van der Waals surface area contributed by atoms with Crippen molar-refractivity contribution in [3.8, 4) is 6.07 Å². The van der Waals surface area contributed by atoms with Crippen molar-refractivity contribution in [1.82, 2.24) is 15.6 Å². The van der Waals surface area contributed by atoms with Crippen molar-refractivity contribution in [2.45, 2.75) is 26.4 Å². The van der Waals surface area contributed by atoms with Gasteiger partial charge in [0.2, 0.25) is 0 Å². The summed E-state index contributed by atoms with van der Waals surface area (Å²) < 4.78 is 13.7. The van der Waals surface area contributed by atoms with E-state index >= 15 is 0 Å². The maximum atomic E-state index is 13.7. The van der Waals surface area contributed by atoms with Crippen LogP contribution in [0.5, 0.6) is 0 Å². The molecular weight excluding hydrogens is 307 g/mol. The fraction of sp³-hybridized carbons (Fsp3) is 0.278. The second kappa shape index (κ2) is 8.06. The Hall–Kier alpha value is -2.94. The van der Waals surface area contributed by atoms with Crippen molar-refractivity contribution in [2.24, 2.45) is 5.92 Å². The fourth-order valence-electron chi connectivity index (χ4n) is 2.29. The number of carbonyl (C=O) groups is 1. The van der Waals surface area contributed by atoms with Gasteiger partial charge >= 0.3 is 6.03 Å². The molecule has 0 radical (unpaired) electrons. The van der Waals surface area contributed by atoms with E-state index in [1.807, 2.05) is 38.1 Å². The number of amides is 2. The number of hydrogen-bond acceptors (Lipinski definition) is 3. The minimum Gasteiger partial charge on any atom is -0.334 e. The first-order valence-corrected chi connectivity index (χ1v) is 7.65. The summed E-state index contributed by atoms with van der Waals surface area (Å²) in [6.45, 7) is 3.96. The molecule has 124 valence electrons. The number of nitrogens with one attached hydrogen (secondary N) is 2. The van der Waals surface area contributed by atoms with Gasteiger partial charge in [-0.25, -0.2) is 9.18 Å². The number of benzene rings is 1. The van der Waals surface area contributed by atoms with Crippen LogP contribution in [0.25, 0.3) is 0 Å². The molecule has 2 amide bonds. The third-order valence-electron chi connectivity index (χ3n) is 3.57. The lowest BCUT2D eigenvalue weighted by Crippen LogP contribution is -2.39. The lowest BCUT2D eigenvalue weighted by atomic mass is 10.0. The van der Waals surface area contributed by atoms with Crippen LogP contribution >= 0.6 is 0 Å². The van der Waals surface area contributed by atoms with Crippen molar-refractivity contribution >= 4 is 6.03 Å². The Morgan fingerprint density at radius 1 is 1.33 bits per heavy atom. The quantitative estimate of drug-likeness (QED) is 0.885. The summed E-state index contributed by atoms with van der Waals surface area (Å²) in [5, 5.41) is 14.3. The molecule has 2 rings (SSSR count). The Kier molecular flexibility index (Phi) is 5.85. The number of nitriles is 1. The molecule has 1 aromatic heterocycles. The van der Waals surface area contributed by atoms with Gasteiger partial charge in [-0.2, -0.15) is 5.26 Å². The highest BCUT2D eigenvalue weighted by atomic mass is 19.1. The third-order valence-corrected chi connectivity index (χ3v) is 3.57. The number of aromatic nitrogens is 1. The smallest absolute Gasteiger partial charge is 0.315 e. The van der Waals surface area contributed by atoms with Crippen LogP contribution in [0.1, 0.15) is 36.7 Å². The summed E-state index contributed by atoms with van der Waals surface area (Å²) in [6, 6.07) is 10.8. The molecule has 0 fully saturated rings. The summed E-state index contributed by atoms with van der Waals surface area (Å²) in [5.41, 5.74) is 1.38. The summed E-state index contributed by atoms with van der Waals surface area (Å²) >= 11 is 0. The first kappa shape index (κ1) is 17.4. The Balaban J connectivity index is 2.01. The van der Waals surface area contributed by atoms with E-state index in [1.165, 1.54) is 18.2 Å². The highest BCUT2D eigenvalue weighted by Gasteiger charge is 2.19. The van der Waals surface area contributed by atoms with E-state index in [-0.39, 0.29) is 24.1 Å². The summed E-state index contributed by atoms with van der Waals surface area (Å²) in [7, 11) is 0. The number of halogens is 1. The molecule has 0 spiro atoms. The molecule has 0 aliphatic rings. The van der Waals surface area contributed by atoms with Crippen LogP contribution in [0.4, 0.5) is 9.18 Å². The molecule has 1 aromatic carbocycles. The van der Waals surface area contributed by atoms with Crippen molar-refractivity contribution in [3.63, 3.8) is 0 Å². The molecule has 0 aliphatic heterocycles. The molecular formula is C18H19FN4O. The van der Waals surface area contributed by atoms with E-state index in [0.29, 0.717) is 5.56 Å². The van der Waals surface area contributed by atoms with Crippen molar-refractivity contribution in [2.75, 3.05) is 0 Å². The Morgan fingerprint density at radius 2 is 2.12 bits per heavy atom. The van der Waals surface area contributed by atoms with E-state index < -0.39 is 11.8 Å². The van der Waals surface area contributed by atoms with Gasteiger partial charge in [0, 0.05) is 18.3 Å². The minimum absolute atomic E-state index is 0.000218. The van der Waals surface area contributed by atoms with Crippen LogP contribution in [0.15, 0.2) is 42.6 Å². The normalized spacial score (nSPS) is 11.6. The fourth-order valence-corrected chi connectivity index (χ4v) is 2.29. The zero-order chi connectivity index (χ0) is 17.5. The second-order valence-corrected chi connectivity index (χ2v) is 5.72. The Bertz CT molecular complexity index is 740. The molecule has 5 nitrogen and oxygen atoms in total. The number of hydrogen-bond donors (Lipinski definition) is 2. The maximum absolute atomic E-state index is 13.7. The Labute approximate surface area is 140 Å². The van der Waals surface area contributed by atoms with Gasteiger partial charge in [0.1, 0.15) is 5.82 Å². The SMILES string of the molecule is CC(C)C(NC(=O)NCc1cc(C#N)ccc1F)c1ccccn1. The molecule has 0 saturated carbocycles. The van der Waals surface area contributed by atoms with Crippen molar-refractivity contribution < 1.29 is 9.18 Å². The van der Waals surface area contributed by atoms with Crippen molar-refractivity contribution in [1.29, 1.82) is 5.26 Å². The predicted molar refractivity (Wildman–Crippen MR) is 88.3 cm³/mol. The largest absolute Gasteiger partial charge is 0.334 e. The number of pyridine rings is 1. The maximum Gasteiger partial charge on any atom is 0.315 e. The van der Waals surface area contributed by atoms with Crippen LogP contribution in [0.2, 0.25) is 0 Å². The van der Waals surface area contributed by atoms with E-state index in [2.05, 4.69) is 15.6 Å². The zero-order valence-corrected chi connectivity index (χ0v) is 13.6. The predicted octanol–water partition coefficient (Wildman–Crippen LogP) is 3.29. The average Bonchev–Trinajstić information content (AvgIpc) is 2.59. The van der Waals surface area contributed by atoms with Gasteiger partial charge in [0.25, 0.3) is 0 Å². The first-order chi connectivity index (χ1) is 11.5. The first-order valence-electron chi connectivity index (χ1n) is 7.65. The van der Waals surface area contributed by atoms with Gasteiger partial charge in [0.15, 0.2) is 0 Å². The van der Waals surface area contributed by atoms with Crippen LogP contribution in [0, 0.1) is 23.1 Å². The molecule has 6 heteroatoms. The monoisotopic (exact) mass is 326 g/mol. The van der Waals surface area contributed by atoms with Gasteiger partial charge in [0.05, 0.1) is 23.4 Å². The zero-order valence-electron chi connectivity index (χ0n) is 13.6. The highest BCUT2D eigenvalue weighted by molar-refractivity contribution is 5.74. The van der Waals surface area contributed by atoms with Crippen LogP contribution in [0.3, 0.4) is 0 Å². The minimum atomic E-state index is -0.459. The summed E-state index contributed by atoms with van der Waals surface area (Å²) in [5.74, 6) is -0.316. The van der Waals surface area contributed by atoms with Gasteiger partial charge in [-0.15, -0.1) is 0 Å². The van der Waals surface area contributed by atoms with Crippen LogP contribution in [-0.2, 0) is 6.54 Å². The third kappa shape index (κ3) is 4.53. The molecule has 2 aromatic rings. The topological polar surface area (TPSA) is 77.8 Å². The van der Waals surface area contributed by atoms with E-state index in [0.717, 1.165) is 5.69 Å². The molecule has 2 N–H and O–H groups in total. The molecule has 1 atom stereocenters. The number of rotatable bonds is 5. The molecule has 0 bridgehead atoms. The Morgan fingerprint density at radius 3 is 2.75 bits per heavy atom. The molecule has 0 aliphatic carbocycles. The molecule has 0 saturated heterocycles. The highest BCUT2D eigenvalue weighted by Crippen LogP contribution is 2.19. The van der Waals surface area contributed by atoms with Crippen LogP contribution < -0.4 is 10.6 Å². The molecule has 1 heterocycles. The van der Waals surface area contributed by atoms with Gasteiger partial charge in [-0.1, -0.05) is 19.9 Å². The number of nitrogens with zero attached hydrogens (tertiary/aromatic N) is 2. The van der Waals surface area contributed by atoms with Gasteiger partial charge in [-0.3, -0.25) is 4.98 Å².